The predicted octanol–water partition coefficient (Wildman–Crippen LogP) is 7.65. The lowest BCUT2D eigenvalue weighted by molar-refractivity contribution is -0.119. The van der Waals surface area contributed by atoms with Crippen LogP contribution in [0.2, 0.25) is 0 Å². The Morgan fingerprint density at radius 1 is 0.750 bits per heavy atom. The molecule has 44 heavy (non-hydrogen) atoms. The molecule has 0 saturated carbocycles. The van der Waals surface area contributed by atoms with Crippen LogP contribution in [0.15, 0.2) is 106 Å². The summed E-state index contributed by atoms with van der Waals surface area (Å²) < 4.78 is 31.9. The summed E-state index contributed by atoms with van der Waals surface area (Å²) in [7, 11) is -4.09. The summed E-state index contributed by atoms with van der Waals surface area (Å²) in [6.45, 7) is 10.9. The molecule has 6 rings (SSSR count). The third-order valence-electron chi connectivity index (χ3n) is 8.91. The Bertz CT molecular complexity index is 1760. The van der Waals surface area contributed by atoms with Crippen LogP contribution in [0.3, 0.4) is 0 Å². The van der Waals surface area contributed by atoms with Crippen molar-refractivity contribution < 1.29 is 22.2 Å². The minimum absolute atomic E-state index is 0.0297. The van der Waals surface area contributed by atoms with Gasteiger partial charge in [0, 0.05) is 47.8 Å². The van der Waals surface area contributed by atoms with Gasteiger partial charge in [-0.25, -0.2) is 0 Å². The van der Waals surface area contributed by atoms with Crippen LogP contribution in [-0.2, 0) is 26.3 Å². The first-order valence-electron chi connectivity index (χ1n) is 15.2. The van der Waals surface area contributed by atoms with E-state index in [-0.39, 0.29) is 33.0 Å². The van der Waals surface area contributed by atoms with Gasteiger partial charge in [0.05, 0.1) is 0 Å². The first kappa shape index (κ1) is 30.1. The van der Waals surface area contributed by atoms with Crippen molar-refractivity contribution in [1.82, 2.24) is 4.90 Å². The Kier molecular flexibility index (Phi) is 7.44. The van der Waals surface area contributed by atoms with E-state index in [4.69, 9.17) is 4.18 Å². The van der Waals surface area contributed by atoms with Gasteiger partial charge in [0.2, 0.25) is 0 Å². The average molecular weight is 610 g/mol. The molecule has 7 heteroatoms. The van der Waals surface area contributed by atoms with E-state index in [1.54, 1.807) is 30.3 Å². The molecule has 0 atom stereocenters. The van der Waals surface area contributed by atoms with E-state index in [0.29, 0.717) is 48.9 Å². The van der Waals surface area contributed by atoms with Gasteiger partial charge in [-0.15, -0.1) is 0 Å². The maximum Gasteiger partial charge on any atom is 0.339 e. The van der Waals surface area contributed by atoms with E-state index in [1.165, 1.54) is 12.1 Å². The first-order chi connectivity index (χ1) is 20.7. The number of hydrogen-bond acceptors (Lipinski definition) is 6. The van der Waals surface area contributed by atoms with Gasteiger partial charge in [-0.1, -0.05) is 87.9 Å². The quantitative estimate of drug-likeness (QED) is 0.267. The van der Waals surface area contributed by atoms with Gasteiger partial charge in [0.15, 0.2) is 11.6 Å². The molecule has 0 N–H and O–H groups in total. The maximum absolute atomic E-state index is 14.1. The van der Waals surface area contributed by atoms with E-state index in [9.17, 15) is 18.0 Å². The van der Waals surface area contributed by atoms with Crippen molar-refractivity contribution in [2.75, 3.05) is 0 Å². The molecule has 228 valence electrons. The predicted molar refractivity (Wildman–Crippen MR) is 170 cm³/mol. The van der Waals surface area contributed by atoms with Crippen LogP contribution in [0, 0.1) is 17.8 Å². The molecule has 3 aromatic carbocycles. The van der Waals surface area contributed by atoms with Crippen LogP contribution in [-0.4, -0.2) is 24.9 Å². The highest BCUT2D eigenvalue weighted by Crippen LogP contribution is 2.55. The van der Waals surface area contributed by atoms with E-state index in [0.717, 1.165) is 22.5 Å². The lowest BCUT2D eigenvalue weighted by atomic mass is 9.63. The fourth-order valence-electron chi connectivity index (χ4n) is 6.96. The average Bonchev–Trinajstić information content (AvgIpc) is 2.93. The summed E-state index contributed by atoms with van der Waals surface area (Å²) in [6, 6.07) is 23.5. The second-order valence-corrected chi connectivity index (χ2v) is 15.6. The highest BCUT2D eigenvalue weighted by molar-refractivity contribution is 7.87. The molecule has 0 unspecified atom stereocenters. The maximum atomic E-state index is 14.1. The number of nitrogens with zero attached hydrogens (tertiary/aromatic N) is 1. The fourth-order valence-corrected chi connectivity index (χ4v) is 7.89. The smallest absolute Gasteiger partial charge is 0.339 e. The normalized spacial score (nSPS) is 20.0. The van der Waals surface area contributed by atoms with Crippen molar-refractivity contribution in [3.05, 3.63) is 118 Å². The number of carbonyl (C=O) groups excluding carboxylic acids is 2. The second kappa shape index (κ2) is 10.9. The SMILES string of the molecule is Cc1ccc(S(=O)(=O)Oc2cccc(C3C4=C(CC(C)(C)CC4=O)N(Cc4ccccc4)C4=C3C(=O)CC(C)(C)C4)c2)cc1. The summed E-state index contributed by atoms with van der Waals surface area (Å²) >= 11 is 0. The third kappa shape index (κ3) is 5.77. The molecule has 1 aliphatic heterocycles. The zero-order chi connectivity index (χ0) is 31.4. The van der Waals surface area contributed by atoms with Crippen molar-refractivity contribution in [3.63, 3.8) is 0 Å². The Hall–Kier alpha value is -3.97. The van der Waals surface area contributed by atoms with E-state index in [1.807, 2.05) is 31.2 Å². The zero-order valence-corrected chi connectivity index (χ0v) is 26.8. The summed E-state index contributed by atoms with van der Waals surface area (Å²) in [6.07, 6.45) is 2.14. The molecule has 0 bridgehead atoms. The van der Waals surface area contributed by atoms with Crippen LogP contribution in [0.4, 0.5) is 0 Å². The van der Waals surface area contributed by atoms with Gasteiger partial charge < -0.3 is 9.08 Å². The molecular formula is C37H39NO5S. The fraction of sp³-hybridized carbons (Fsp3) is 0.351. The molecule has 3 aliphatic rings. The van der Waals surface area contributed by atoms with Gasteiger partial charge >= 0.3 is 10.1 Å². The third-order valence-corrected chi connectivity index (χ3v) is 10.2. The van der Waals surface area contributed by atoms with Gasteiger partial charge in [-0.3, -0.25) is 9.59 Å². The topological polar surface area (TPSA) is 80.8 Å². The molecular weight excluding hydrogens is 570 g/mol. The van der Waals surface area contributed by atoms with Gasteiger partial charge in [-0.05, 0) is 66.0 Å². The largest absolute Gasteiger partial charge is 0.379 e. The van der Waals surface area contributed by atoms with Crippen molar-refractivity contribution in [1.29, 1.82) is 0 Å². The zero-order valence-electron chi connectivity index (χ0n) is 26.0. The van der Waals surface area contributed by atoms with Gasteiger partial charge in [0.1, 0.15) is 10.6 Å². The van der Waals surface area contributed by atoms with Crippen LogP contribution in [0.25, 0.3) is 0 Å². The monoisotopic (exact) mass is 609 g/mol. The van der Waals surface area contributed by atoms with Gasteiger partial charge in [-0.2, -0.15) is 8.42 Å². The number of rotatable bonds is 6. The Balaban J connectivity index is 1.50. The Morgan fingerprint density at radius 3 is 1.89 bits per heavy atom. The molecule has 0 fully saturated rings. The van der Waals surface area contributed by atoms with Crippen LogP contribution in [0.1, 0.15) is 76.0 Å². The molecule has 6 nitrogen and oxygen atoms in total. The molecule has 0 radical (unpaired) electrons. The highest BCUT2D eigenvalue weighted by atomic mass is 32.2. The lowest BCUT2D eigenvalue weighted by Gasteiger charge is -2.49. The molecule has 0 saturated heterocycles. The van der Waals surface area contributed by atoms with Crippen LogP contribution < -0.4 is 4.18 Å². The van der Waals surface area contributed by atoms with E-state index < -0.39 is 16.0 Å². The summed E-state index contributed by atoms with van der Waals surface area (Å²) in [5, 5.41) is 0. The molecule has 0 amide bonds. The van der Waals surface area contributed by atoms with Crippen LogP contribution in [0.5, 0.6) is 5.75 Å². The van der Waals surface area contributed by atoms with Gasteiger partial charge in [0.25, 0.3) is 0 Å². The molecule has 3 aromatic rings. The number of ketones is 2. The molecule has 1 heterocycles. The van der Waals surface area contributed by atoms with Crippen molar-refractivity contribution in [3.8, 4) is 5.75 Å². The molecule has 2 aliphatic carbocycles. The summed E-state index contributed by atoms with van der Waals surface area (Å²) in [5.41, 5.74) is 5.46. The van der Waals surface area contributed by atoms with E-state index in [2.05, 4.69) is 44.7 Å². The van der Waals surface area contributed by atoms with Crippen LogP contribution >= 0.6 is 0 Å². The molecule has 0 aromatic heterocycles. The molecule has 0 spiro atoms. The van der Waals surface area contributed by atoms with Crippen molar-refractivity contribution >= 4 is 21.7 Å². The number of allylic oxidation sites excluding steroid dienone is 4. The van der Waals surface area contributed by atoms with Crippen molar-refractivity contribution in [2.24, 2.45) is 10.8 Å². The minimum atomic E-state index is -4.09. The number of aryl methyl sites for hydroxylation is 1. The number of benzene rings is 3. The Morgan fingerprint density at radius 2 is 1.32 bits per heavy atom. The first-order valence-corrected chi connectivity index (χ1v) is 16.6. The number of Topliss-reactive ketones (excluding diaryl/α,β-unsaturated/α-hetero) is 2. The number of carbonyl (C=O) groups is 2. The van der Waals surface area contributed by atoms with E-state index >= 15 is 0 Å². The van der Waals surface area contributed by atoms with Crippen molar-refractivity contribution in [2.45, 2.75) is 77.7 Å². The second-order valence-electron chi connectivity index (χ2n) is 14.0. The highest BCUT2D eigenvalue weighted by Gasteiger charge is 2.49. The summed E-state index contributed by atoms with van der Waals surface area (Å²) in [5.74, 6) is -0.389. The number of hydrogen-bond donors (Lipinski definition) is 0. The Labute approximate surface area is 260 Å². The minimum Gasteiger partial charge on any atom is -0.379 e. The standard InChI is InChI=1S/C37H39NO5S/c1-24-14-16-28(17-15-24)44(41,42)43-27-13-9-12-26(18-27)33-34-29(19-36(2,3)21-31(34)39)38(23-25-10-7-6-8-11-25)30-20-37(4,5)22-32(40)35(30)33/h6-18,33H,19-23H2,1-5H3. The summed E-state index contributed by atoms with van der Waals surface area (Å²) in [4.78, 5) is 30.5. The lowest BCUT2D eigenvalue weighted by Crippen LogP contribution is -2.44.